The maximum Gasteiger partial charge on any atom is 0.247 e. The molecule has 0 unspecified atom stereocenters. The summed E-state index contributed by atoms with van der Waals surface area (Å²) in [5, 5.41) is 6.23. The van der Waals surface area contributed by atoms with Crippen LogP contribution in [0.3, 0.4) is 0 Å². The van der Waals surface area contributed by atoms with E-state index in [2.05, 4.69) is 62.1 Å². The van der Waals surface area contributed by atoms with Crippen LogP contribution in [0.25, 0.3) is 0 Å². The van der Waals surface area contributed by atoms with Gasteiger partial charge in [-0.3, -0.25) is 9.59 Å². The van der Waals surface area contributed by atoms with Crippen molar-refractivity contribution in [2.75, 3.05) is 10.6 Å². The van der Waals surface area contributed by atoms with Crippen LogP contribution in [0.15, 0.2) is 58.3 Å². The van der Waals surface area contributed by atoms with Gasteiger partial charge in [-0.1, -0.05) is 77.4 Å². The van der Waals surface area contributed by atoms with Gasteiger partial charge >= 0.3 is 0 Å². The fourth-order valence-electron chi connectivity index (χ4n) is 5.18. The second-order valence-corrected chi connectivity index (χ2v) is 22.8. The summed E-state index contributed by atoms with van der Waals surface area (Å²) in [6, 6.07) is 13.2. The zero-order valence-electron chi connectivity index (χ0n) is 32.6. The van der Waals surface area contributed by atoms with Crippen molar-refractivity contribution in [2.24, 2.45) is 0 Å². The Morgan fingerprint density at radius 2 is 0.962 bits per heavy atom. The molecule has 0 saturated carbocycles. The van der Waals surface area contributed by atoms with E-state index in [-0.39, 0.29) is 20.6 Å². The van der Waals surface area contributed by atoms with Crippen molar-refractivity contribution in [2.45, 2.75) is 127 Å². The molecule has 0 bridgehead atoms. The van der Waals surface area contributed by atoms with Gasteiger partial charge in [-0.05, 0) is 90.0 Å². The third kappa shape index (κ3) is 9.00. The average Bonchev–Trinajstić information content (AvgIpc) is 3.58. The van der Waals surface area contributed by atoms with Crippen LogP contribution < -0.4 is 10.6 Å². The molecule has 0 aliphatic heterocycles. The highest BCUT2D eigenvalue weighted by molar-refractivity contribution is 7.94. The number of sulfone groups is 2. The first-order valence-corrected chi connectivity index (χ1v) is 21.4. The molecule has 0 atom stereocenters. The van der Waals surface area contributed by atoms with E-state index in [0.29, 0.717) is 15.8 Å². The smallest absolute Gasteiger partial charge is 0.247 e. The third-order valence-corrected chi connectivity index (χ3v) is 16.5. The van der Waals surface area contributed by atoms with Gasteiger partial charge in [0.25, 0.3) is 0 Å². The highest BCUT2D eigenvalue weighted by Gasteiger charge is 2.45. The minimum atomic E-state index is -3.86. The molecule has 52 heavy (non-hydrogen) atoms. The third-order valence-electron chi connectivity index (χ3n) is 8.55. The van der Waals surface area contributed by atoms with E-state index in [4.69, 9.17) is 0 Å². The largest absolute Gasteiger partial charge is 0.301 e. The number of hydrogen-bond donors (Lipinski definition) is 2. The average molecular weight is 789 g/mol. The van der Waals surface area contributed by atoms with Gasteiger partial charge in [-0.25, -0.2) is 26.8 Å². The SMILES string of the molecule is Cc1ccc(S(=O)(=O)C(C)(C)C(=O)Nc2nc(C)c(C(C)(C)C)s2)cc1.Cc1ccccc1S(=O)(=O)C(C)(C)C(=O)Nc1nc(C)c(C(C)(C)C)s1. The van der Waals surface area contributed by atoms with E-state index >= 15 is 0 Å². The fourth-order valence-corrected chi connectivity index (χ4v) is 10.2. The molecular weight excluding hydrogens is 737 g/mol. The highest BCUT2D eigenvalue weighted by atomic mass is 32.2. The molecule has 2 heterocycles. The lowest BCUT2D eigenvalue weighted by Gasteiger charge is -2.24. The van der Waals surface area contributed by atoms with Crippen molar-refractivity contribution in [3.8, 4) is 0 Å². The first kappa shape index (κ1) is 42.9. The predicted molar refractivity (Wildman–Crippen MR) is 213 cm³/mol. The Bertz CT molecular complexity index is 2170. The Balaban J connectivity index is 0.000000280. The van der Waals surface area contributed by atoms with Gasteiger partial charge in [0.2, 0.25) is 11.8 Å². The molecule has 284 valence electrons. The molecular formula is C38H52N4O6S4. The van der Waals surface area contributed by atoms with E-state index in [9.17, 15) is 26.4 Å². The molecule has 4 aromatic rings. The molecule has 2 N–H and O–H groups in total. The number of thiazole rings is 2. The van der Waals surface area contributed by atoms with Gasteiger partial charge in [0, 0.05) is 9.75 Å². The number of rotatable bonds is 8. The van der Waals surface area contributed by atoms with E-state index in [0.717, 1.165) is 26.7 Å². The molecule has 10 nitrogen and oxygen atoms in total. The molecule has 0 fully saturated rings. The summed E-state index contributed by atoms with van der Waals surface area (Å²) < 4.78 is 48.8. The Kier molecular flexibility index (Phi) is 12.5. The molecule has 14 heteroatoms. The lowest BCUT2D eigenvalue weighted by molar-refractivity contribution is -0.118. The number of amides is 2. The normalized spacial score (nSPS) is 12.9. The zero-order chi connectivity index (χ0) is 39.8. The zero-order valence-corrected chi connectivity index (χ0v) is 35.9. The Morgan fingerprint density at radius 3 is 1.33 bits per heavy atom. The summed E-state index contributed by atoms with van der Waals surface area (Å²) >= 11 is 2.76. The van der Waals surface area contributed by atoms with E-state index in [1.807, 2.05) is 20.8 Å². The minimum Gasteiger partial charge on any atom is -0.301 e. The van der Waals surface area contributed by atoms with Crippen LogP contribution in [0.2, 0.25) is 0 Å². The number of benzene rings is 2. The van der Waals surface area contributed by atoms with Crippen LogP contribution in [0.5, 0.6) is 0 Å². The standard InChI is InChI=1S/2C19H26N2O3S2/c1-12-8-10-14(11-9-12)26(23,24)19(6,7)16(22)21-17-20-13(2)15(25-17)18(3,4)5;1-12-10-8-9-11-14(12)26(23,24)19(6,7)16(22)21-17-20-13(2)15(25-17)18(3,4)5/h2*8-11H,1-7H3,(H,20,21,22). The van der Waals surface area contributed by atoms with Crippen LogP contribution in [0, 0.1) is 27.7 Å². The van der Waals surface area contributed by atoms with Crippen LogP contribution in [0.4, 0.5) is 10.3 Å². The molecule has 0 radical (unpaired) electrons. The van der Waals surface area contributed by atoms with E-state index < -0.39 is 41.0 Å². The summed E-state index contributed by atoms with van der Waals surface area (Å²) in [4.78, 5) is 36.8. The van der Waals surface area contributed by atoms with Crippen LogP contribution in [0.1, 0.15) is 102 Å². The summed E-state index contributed by atoms with van der Waals surface area (Å²) in [5.41, 5.74) is 3.09. The summed E-state index contributed by atoms with van der Waals surface area (Å²) in [6.07, 6.45) is 0. The first-order chi connectivity index (χ1) is 23.5. The Labute approximate surface area is 317 Å². The number of hydrogen-bond acceptors (Lipinski definition) is 10. The van der Waals surface area contributed by atoms with Gasteiger partial charge in [-0.15, -0.1) is 22.7 Å². The minimum absolute atomic E-state index is 0.0891. The maximum atomic E-state index is 13.1. The number of nitrogens with zero attached hydrogens (tertiary/aromatic N) is 2. The second kappa shape index (κ2) is 15.1. The number of aromatic nitrogens is 2. The molecule has 0 spiro atoms. The Hall–Kier alpha value is -3.46. The summed E-state index contributed by atoms with van der Waals surface area (Å²) in [5.74, 6) is -1.18. The van der Waals surface area contributed by atoms with Gasteiger partial charge in [-0.2, -0.15) is 0 Å². The van der Waals surface area contributed by atoms with Crippen molar-refractivity contribution in [3.63, 3.8) is 0 Å². The molecule has 2 amide bonds. The van der Waals surface area contributed by atoms with Gasteiger partial charge in [0.05, 0.1) is 21.2 Å². The topological polar surface area (TPSA) is 152 Å². The quantitative estimate of drug-likeness (QED) is 0.180. The van der Waals surface area contributed by atoms with Gasteiger partial charge in [0.1, 0.15) is 9.49 Å². The molecule has 2 aromatic heterocycles. The molecule has 0 aliphatic rings. The van der Waals surface area contributed by atoms with Crippen molar-refractivity contribution < 1.29 is 26.4 Å². The van der Waals surface area contributed by atoms with Crippen molar-refractivity contribution in [1.82, 2.24) is 9.97 Å². The van der Waals surface area contributed by atoms with Crippen molar-refractivity contribution in [3.05, 3.63) is 80.8 Å². The van der Waals surface area contributed by atoms with Gasteiger partial charge < -0.3 is 10.6 Å². The van der Waals surface area contributed by atoms with Crippen molar-refractivity contribution in [1.29, 1.82) is 0 Å². The van der Waals surface area contributed by atoms with Gasteiger partial charge in [0.15, 0.2) is 29.9 Å². The lowest BCUT2D eigenvalue weighted by atomic mass is 9.93. The summed E-state index contributed by atoms with van der Waals surface area (Å²) in [6.45, 7) is 25.5. The molecule has 2 aromatic carbocycles. The fraction of sp³-hybridized carbons (Fsp3) is 0.474. The molecule has 0 aliphatic carbocycles. The van der Waals surface area contributed by atoms with Crippen LogP contribution in [-0.2, 0) is 40.1 Å². The van der Waals surface area contributed by atoms with Crippen LogP contribution in [-0.4, -0.2) is 48.1 Å². The maximum absolute atomic E-state index is 13.1. The number of nitrogens with one attached hydrogen (secondary N) is 2. The first-order valence-electron chi connectivity index (χ1n) is 16.8. The van der Waals surface area contributed by atoms with Crippen molar-refractivity contribution >= 4 is 64.4 Å². The number of aryl methyl sites for hydroxylation is 4. The lowest BCUT2D eigenvalue weighted by Crippen LogP contribution is -2.44. The highest BCUT2D eigenvalue weighted by Crippen LogP contribution is 2.36. The van der Waals surface area contributed by atoms with Crippen LogP contribution >= 0.6 is 22.7 Å². The second-order valence-electron chi connectivity index (χ2n) is 15.9. The van der Waals surface area contributed by atoms with E-state index in [1.54, 1.807) is 37.3 Å². The number of anilines is 2. The molecule has 4 rings (SSSR count). The predicted octanol–water partition coefficient (Wildman–Crippen LogP) is 8.50. The summed E-state index contributed by atoms with van der Waals surface area (Å²) in [7, 11) is -7.70. The monoisotopic (exact) mass is 788 g/mol. The molecule has 0 saturated heterocycles. The van der Waals surface area contributed by atoms with E-state index in [1.165, 1.54) is 68.6 Å². The number of carbonyl (C=O) groups excluding carboxylic acids is 2. The number of carbonyl (C=O) groups is 2. The Morgan fingerprint density at radius 1 is 0.577 bits per heavy atom.